The van der Waals surface area contributed by atoms with E-state index in [0.717, 1.165) is 38.2 Å². The van der Waals surface area contributed by atoms with Crippen LogP contribution in [0.1, 0.15) is 49.5 Å². The van der Waals surface area contributed by atoms with Gasteiger partial charge in [-0.15, -0.1) is 35.0 Å². The highest BCUT2D eigenvalue weighted by atomic mass is 35.5. The SMILES string of the molecule is CCCCC(CN)NC(=O)c1ccc(N2CCCC2)nn1.Cl.Cl. The van der Waals surface area contributed by atoms with Gasteiger partial charge in [0.25, 0.3) is 5.91 Å². The number of unbranched alkanes of at least 4 members (excludes halogenated alkanes) is 1. The number of nitrogens with two attached hydrogens (primary N) is 1. The number of aromatic nitrogens is 2. The lowest BCUT2D eigenvalue weighted by Crippen LogP contribution is -2.40. The fraction of sp³-hybridized carbons (Fsp3) is 0.667. The number of nitrogens with one attached hydrogen (secondary N) is 1. The highest BCUT2D eigenvalue weighted by Crippen LogP contribution is 2.16. The zero-order valence-corrected chi connectivity index (χ0v) is 15.2. The van der Waals surface area contributed by atoms with Crippen molar-refractivity contribution in [2.45, 2.75) is 45.1 Å². The van der Waals surface area contributed by atoms with Crippen molar-refractivity contribution in [3.8, 4) is 0 Å². The molecule has 0 aromatic carbocycles. The lowest BCUT2D eigenvalue weighted by Gasteiger charge is -2.17. The molecule has 0 aliphatic carbocycles. The fourth-order valence-electron chi connectivity index (χ4n) is 2.52. The Balaban J connectivity index is 0.00000242. The van der Waals surface area contributed by atoms with E-state index in [9.17, 15) is 4.79 Å². The molecule has 1 aliphatic heterocycles. The van der Waals surface area contributed by atoms with Gasteiger partial charge in [0.15, 0.2) is 11.5 Å². The van der Waals surface area contributed by atoms with E-state index < -0.39 is 0 Å². The second kappa shape index (κ2) is 11.4. The van der Waals surface area contributed by atoms with E-state index in [1.165, 1.54) is 12.8 Å². The van der Waals surface area contributed by atoms with Crippen LogP contribution in [0.2, 0.25) is 0 Å². The van der Waals surface area contributed by atoms with E-state index in [4.69, 9.17) is 5.73 Å². The number of hydrogen-bond acceptors (Lipinski definition) is 5. The van der Waals surface area contributed by atoms with Crippen LogP contribution >= 0.6 is 24.8 Å². The first-order valence-electron chi connectivity index (χ1n) is 7.84. The lowest BCUT2D eigenvalue weighted by molar-refractivity contribution is 0.0929. The van der Waals surface area contributed by atoms with Gasteiger partial charge in [0.1, 0.15) is 0 Å². The first-order chi connectivity index (χ1) is 10.2. The average molecular weight is 364 g/mol. The molecule has 6 nitrogen and oxygen atoms in total. The summed E-state index contributed by atoms with van der Waals surface area (Å²) in [6, 6.07) is 3.62. The molecule has 3 N–H and O–H groups in total. The van der Waals surface area contributed by atoms with E-state index in [-0.39, 0.29) is 36.8 Å². The maximum absolute atomic E-state index is 12.1. The van der Waals surface area contributed by atoms with Crippen molar-refractivity contribution in [3.63, 3.8) is 0 Å². The Morgan fingerprint density at radius 2 is 2.00 bits per heavy atom. The number of anilines is 1. The summed E-state index contributed by atoms with van der Waals surface area (Å²) in [7, 11) is 0. The van der Waals surface area contributed by atoms with Crippen molar-refractivity contribution < 1.29 is 4.79 Å². The third-order valence-corrected chi connectivity index (χ3v) is 3.84. The van der Waals surface area contributed by atoms with Gasteiger partial charge in [-0.1, -0.05) is 19.8 Å². The Labute approximate surface area is 150 Å². The van der Waals surface area contributed by atoms with Gasteiger partial charge in [-0.3, -0.25) is 4.79 Å². The van der Waals surface area contributed by atoms with Crippen LogP contribution in [0.4, 0.5) is 5.82 Å². The summed E-state index contributed by atoms with van der Waals surface area (Å²) in [4.78, 5) is 14.3. The molecule has 23 heavy (non-hydrogen) atoms. The summed E-state index contributed by atoms with van der Waals surface area (Å²) in [5.41, 5.74) is 6.04. The molecule has 1 saturated heterocycles. The van der Waals surface area contributed by atoms with Gasteiger partial charge in [-0.05, 0) is 31.4 Å². The monoisotopic (exact) mass is 363 g/mol. The molecule has 1 amide bonds. The van der Waals surface area contributed by atoms with Gasteiger partial charge >= 0.3 is 0 Å². The Morgan fingerprint density at radius 1 is 1.30 bits per heavy atom. The number of carbonyl (C=O) groups is 1. The van der Waals surface area contributed by atoms with Crippen LogP contribution in [-0.2, 0) is 0 Å². The van der Waals surface area contributed by atoms with Crippen molar-refractivity contribution in [1.82, 2.24) is 15.5 Å². The normalized spacial score (nSPS) is 14.6. The predicted octanol–water partition coefficient (Wildman–Crippen LogP) is 2.17. The summed E-state index contributed by atoms with van der Waals surface area (Å²) in [6.07, 6.45) is 5.44. The van der Waals surface area contributed by atoms with Crippen LogP contribution in [-0.4, -0.2) is 41.8 Å². The standard InChI is InChI=1S/C15H25N5O.2ClH/c1-2-3-6-12(11-16)17-15(21)13-7-8-14(19-18-13)20-9-4-5-10-20;;/h7-8,12H,2-6,9-11,16H2,1H3,(H,17,21);2*1H. The van der Waals surface area contributed by atoms with E-state index in [1.807, 2.05) is 6.07 Å². The zero-order chi connectivity index (χ0) is 15.1. The number of nitrogens with zero attached hydrogens (tertiary/aromatic N) is 3. The summed E-state index contributed by atoms with van der Waals surface area (Å²) in [6.45, 7) is 4.61. The molecule has 1 fully saturated rings. The summed E-state index contributed by atoms with van der Waals surface area (Å²) >= 11 is 0. The molecular weight excluding hydrogens is 337 g/mol. The number of amides is 1. The Morgan fingerprint density at radius 3 is 2.52 bits per heavy atom. The predicted molar refractivity (Wildman–Crippen MR) is 97.8 cm³/mol. The van der Waals surface area contributed by atoms with Gasteiger partial charge in [-0.25, -0.2) is 0 Å². The molecule has 2 heterocycles. The number of halogens is 2. The van der Waals surface area contributed by atoms with Crippen molar-refractivity contribution in [3.05, 3.63) is 17.8 Å². The van der Waals surface area contributed by atoms with Crippen molar-refractivity contribution in [2.24, 2.45) is 5.73 Å². The molecule has 0 spiro atoms. The Kier molecular flexibility index (Phi) is 10.9. The van der Waals surface area contributed by atoms with Gasteiger partial charge in [0.05, 0.1) is 0 Å². The van der Waals surface area contributed by atoms with Crippen LogP contribution in [0.25, 0.3) is 0 Å². The maximum Gasteiger partial charge on any atom is 0.272 e. The van der Waals surface area contributed by atoms with Crippen LogP contribution in [0.3, 0.4) is 0 Å². The van der Waals surface area contributed by atoms with E-state index in [1.54, 1.807) is 6.07 Å². The summed E-state index contributed by atoms with van der Waals surface area (Å²) < 4.78 is 0. The molecule has 0 saturated carbocycles. The van der Waals surface area contributed by atoms with Crippen molar-refractivity contribution >= 4 is 36.5 Å². The first kappa shape index (κ1) is 21.9. The molecule has 2 rings (SSSR count). The molecule has 1 unspecified atom stereocenters. The fourth-order valence-corrected chi connectivity index (χ4v) is 2.52. The van der Waals surface area contributed by atoms with Crippen LogP contribution in [0.15, 0.2) is 12.1 Å². The minimum Gasteiger partial charge on any atom is -0.355 e. The van der Waals surface area contributed by atoms with Gasteiger partial charge in [-0.2, -0.15) is 0 Å². The van der Waals surface area contributed by atoms with Crippen LogP contribution in [0, 0.1) is 0 Å². The van der Waals surface area contributed by atoms with Gasteiger partial charge in [0, 0.05) is 25.7 Å². The molecule has 1 aliphatic rings. The molecule has 1 aromatic rings. The summed E-state index contributed by atoms with van der Waals surface area (Å²) in [5, 5.41) is 11.1. The third kappa shape index (κ3) is 6.49. The third-order valence-electron chi connectivity index (χ3n) is 3.84. The van der Waals surface area contributed by atoms with Crippen molar-refractivity contribution in [1.29, 1.82) is 0 Å². The zero-order valence-electron chi connectivity index (χ0n) is 13.5. The van der Waals surface area contributed by atoms with Crippen LogP contribution < -0.4 is 16.0 Å². The van der Waals surface area contributed by atoms with Gasteiger partial charge in [0.2, 0.25) is 0 Å². The quantitative estimate of drug-likeness (QED) is 0.775. The first-order valence-corrected chi connectivity index (χ1v) is 7.84. The molecule has 0 bridgehead atoms. The molecule has 0 radical (unpaired) electrons. The number of hydrogen-bond donors (Lipinski definition) is 2. The van der Waals surface area contributed by atoms with Gasteiger partial charge < -0.3 is 16.0 Å². The smallest absolute Gasteiger partial charge is 0.272 e. The maximum atomic E-state index is 12.1. The van der Waals surface area contributed by atoms with E-state index >= 15 is 0 Å². The highest BCUT2D eigenvalue weighted by Gasteiger charge is 2.16. The van der Waals surface area contributed by atoms with E-state index in [2.05, 4.69) is 27.3 Å². The average Bonchev–Trinajstić information content (AvgIpc) is 3.05. The lowest BCUT2D eigenvalue weighted by atomic mass is 10.1. The number of rotatable bonds is 7. The summed E-state index contributed by atoms with van der Waals surface area (Å²) in [5.74, 6) is 0.660. The Bertz CT molecular complexity index is 452. The second-order valence-corrected chi connectivity index (χ2v) is 5.52. The Hall–Kier alpha value is -1.11. The molecule has 1 atom stereocenters. The molecule has 132 valence electrons. The van der Waals surface area contributed by atoms with E-state index in [0.29, 0.717) is 12.2 Å². The minimum absolute atomic E-state index is 0. The highest BCUT2D eigenvalue weighted by molar-refractivity contribution is 5.92. The number of carbonyl (C=O) groups excluding carboxylic acids is 1. The largest absolute Gasteiger partial charge is 0.355 e. The van der Waals surface area contributed by atoms with Crippen LogP contribution in [0.5, 0.6) is 0 Å². The van der Waals surface area contributed by atoms with Crippen molar-refractivity contribution in [2.75, 3.05) is 24.5 Å². The molecule has 1 aromatic heterocycles. The second-order valence-electron chi connectivity index (χ2n) is 5.52. The minimum atomic E-state index is -0.193. The topological polar surface area (TPSA) is 84.1 Å². The molecular formula is C15H27Cl2N5O. The molecule has 8 heteroatoms.